The number of esters is 1. The molecule has 0 saturated carbocycles. The Morgan fingerprint density at radius 3 is 2.32 bits per heavy atom. The zero-order valence-electron chi connectivity index (χ0n) is 15.8. The Bertz CT molecular complexity index is 709. The fourth-order valence-electron chi connectivity index (χ4n) is 2.18. The van der Waals surface area contributed by atoms with E-state index in [0.717, 1.165) is 24.3 Å². The van der Waals surface area contributed by atoms with Crippen LogP contribution in [0.3, 0.4) is 0 Å². The number of carbonyl (C=O) groups excluding carboxylic acids is 1. The lowest BCUT2D eigenvalue weighted by molar-refractivity contribution is -0.138. The van der Waals surface area contributed by atoms with E-state index < -0.39 is 51.3 Å². The Morgan fingerprint density at radius 1 is 1.29 bits per heavy atom. The standard InChI is InChI=1S/C18H22F5NO3S/c1-5-27-14(25)10-11-17(22,23)18(15(20)21,24-28(26)16(2,3)4)12-8-6-7-9-13(12)19/h6-11,15,24H,5H2,1-4H3/b11-10+/t18-,28+/m0/s1. The van der Waals surface area contributed by atoms with Gasteiger partial charge in [0.2, 0.25) is 5.54 Å². The van der Waals surface area contributed by atoms with E-state index in [2.05, 4.69) is 4.74 Å². The Morgan fingerprint density at radius 2 is 1.86 bits per heavy atom. The van der Waals surface area contributed by atoms with Gasteiger partial charge >= 0.3 is 5.97 Å². The average molecular weight is 427 g/mol. The fourth-order valence-corrected chi connectivity index (χ4v) is 3.12. The van der Waals surface area contributed by atoms with Crippen LogP contribution < -0.4 is 4.72 Å². The maximum atomic E-state index is 15.1. The number of benzene rings is 1. The number of nitrogens with one attached hydrogen (secondary N) is 1. The molecule has 4 nitrogen and oxygen atoms in total. The molecule has 0 aliphatic rings. The van der Waals surface area contributed by atoms with Crippen molar-refractivity contribution in [2.45, 2.75) is 50.3 Å². The number of ether oxygens (including phenoxy) is 1. The second-order valence-electron chi connectivity index (χ2n) is 6.78. The Hall–Kier alpha value is -1.65. The van der Waals surface area contributed by atoms with Crippen molar-refractivity contribution in [3.63, 3.8) is 0 Å². The molecule has 0 bridgehead atoms. The first-order valence-corrected chi connectivity index (χ1v) is 9.41. The second kappa shape index (κ2) is 9.23. The van der Waals surface area contributed by atoms with E-state index in [0.29, 0.717) is 0 Å². The molecule has 0 radical (unpaired) electrons. The van der Waals surface area contributed by atoms with Gasteiger partial charge in [0.25, 0.3) is 12.3 Å². The fraction of sp³-hybridized carbons (Fsp3) is 0.500. The highest BCUT2D eigenvalue weighted by molar-refractivity contribution is 7.90. The zero-order valence-corrected chi connectivity index (χ0v) is 16.6. The van der Waals surface area contributed by atoms with Crippen molar-refractivity contribution < 1.29 is 36.0 Å². The lowest BCUT2D eigenvalue weighted by Crippen LogP contribution is -2.64. The van der Waals surface area contributed by atoms with Crippen molar-refractivity contribution in [3.05, 3.63) is 47.8 Å². The number of carbonyl (C=O) groups is 1. The summed E-state index contributed by atoms with van der Waals surface area (Å²) in [6, 6.07) is 3.73. The molecule has 1 aromatic carbocycles. The van der Waals surface area contributed by atoms with Crippen LogP contribution in [0.1, 0.15) is 33.3 Å². The SMILES string of the molecule is CCOC(=O)/C=C/C(F)(F)[C@](N[S@+]([O-])C(C)(C)C)(c1ccccc1F)C(F)F. The van der Waals surface area contributed by atoms with Crippen LogP contribution in [0.5, 0.6) is 0 Å². The molecule has 28 heavy (non-hydrogen) atoms. The molecule has 0 amide bonds. The number of rotatable bonds is 8. The van der Waals surface area contributed by atoms with E-state index >= 15 is 8.78 Å². The highest BCUT2D eigenvalue weighted by Crippen LogP contribution is 2.45. The zero-order chi connectivity index (χ0) is 21.8. The summed E-state index contributed by atoms with van der Waals surface area (Å²) < 4.78 is 90.2. The molecule has 1 N–H and O–H groups in total. The van der Waals surface area contributed by atoms with E-state index in [1.54, 1.807) is 4.72 Å². The molecule has 10 heteroatoms. The van der Waals surface area contributed by atoms with Crippen LogP contribution in [0.15, 0.2) is 36.4 Å². The Balaban J connectivity index is 3.65. The van der Waals surface area contributed by atoms with E-state index in [4.69, 9.17) is 0 Å². The first-order valence-electron chi connectivity index (χ1n) is 8.26. The minimum atomic E-state index is -4.52. The highest BCUT2D eigenvalue weighted by atomic mass is 32.2. The first kappa shape index (κ1) is 24.4. The average Bonchev–Trinajstić information content (AvgIpc) is 2.57. The minimum Gasteiger partial charge on any atom is -0.598 e. The molecular weight excluding hydrogens is 405 g/mol. The van der Waals surface area contributed by atoms with Crippen LogP contribution in [0.2, 0.25) is 0 Å². The van der Waals surface area contributed by atoms with Crippen LogP contribution in [-0.4, -0.2) is 34.2 Å². The van der Waals surface area contributed by atoms with Gasteiger partial charge in [-0.15, -0.1) is 4.72 Å². The molecule has 158 valence electrons. The van der Waals surface area contributed by atoms with Gasteiger partial charge in [0.1, 0.15) is 10.6 Å². The molecule has 0 spiro atoms. The van der Waals surface area contributed by atoms with E-state index in [1.165, 1.54) is 27.7 Å². The van der Waals surface area contributed by atoms with Crippen molar-refractivity contribution in [2.24, 2.45) is 0 Å². The summed E-state index contributed by atoms with van der Waals surface area (Å²) in [6.07, 6.45) is -3.71. The third kappa shape index (κ3) is 5.24. The number of hydrogen-bond acceptors (Lipinski definition) is 4. The summed E-state index contributed by atoms with van der Waals surface area (Å²) >= 11 is -2.43. The largest absolute Gasteiger partial charge is 0.598 e. The third-order valence-electron chi connectivity index (χ3n) is 3.68. The molecular formula is C18H22F5NO3S. The van der Waals surface area contributed by atoms with Crippen LogP contribution in [0, 0.1) is 5.82 Å². The van der Waals surface area contributed by atoms with Crippen LogP contribution in [0.25, 0.3) is 0 Å². The van der Waals surface area contributed by atoms with Gasteiger partial charge in [-0.25, -0.2) is 18.0 Å². The van der Waals surface area contributed by atoms with Crippen molar-refractivity contribution in [1.29, 1.82) is 0 Å². The number of hydrogen-bond donors (Lipinski definition) is 1. The number of halogens is 5. The van der Waals surface area contributed by atoms with Gasteiger partial charge in [0.15, 0.2) is 0 Å². The van der Waals surface area contributed by atoms with Crippen LogP contribution in [0.4, 0.5) is 22.0 Å². The van der Waals surface area contributed by atoms with Gasteiger partial charge in [-0.2, -0.15) is 8.78 Å². The van der Waals surface area contributed by atoms with Gasteiger partial charge in [-0.05, 0) is 39.8 Å². The quantitative estimate of drug-likeness (QED) is 0.294. The Labute approximate surface area is 163 Å². The molecule has 2 atom stereocenters. The normalized spacial score (nSPS) is 16.2. The maximum absolute atomic E-state index is 15.1. The summed E-state index contributed by atoms with van der Waals surface area (Å²) in [7, 11) is 0. The molecule has 0 aromatic heterocycles. The summed E-state index contributed by atoms with van der Waals surface area (Å²) in [6.45, 7) is 5.44. The van der Waals surface area contributed by atoms with Gasteiger partial charge in [0.05, 0.1) is 6.61 Å². The molecule has 0 aliphatic carbocycles. The summed E-state index contributed by atoms with van der Waals surface area (Å²) in [5.41, 5.74) is -4.78. The van der Waals surface area contributed by atoms with Crippen LogP contribution in [-0.2, 0) is 26.4 Å². The second-order valence-corrected chi connectivity index (χ2v) is 8.75. The van der Waals surface area contributed by atoms with Gasteiger partial charge in [0, 0.05) is 23.0 Å². The van der Waals surface area contributed by atoms with Crippen LogP contribution >= 0.6 is 0 Å². The lowest BCUT2D eigenvalue weighted by Gasteiger charge is -2.40. The molecule has 0 fully saturated rings. The lowest BCUT2D eigenvalue weighted by atomic mass is 9.84. The first-order chi connectivity index (χ1) is 12.8. The van der Waals surface area contributed by atoms with Crippen molar-refractivity contribution in [1.82, 2.24) is 4.72 Å². The Kier molecular flexibility index (Phi) is 8.04. The molecule has 1 rings (SSSR count). The maximum Gasteiger partial charge on any atom is 0.330 e. The summed E-state index contributed by atoms with van der Waals surface area (Å²) in [5.74, 6) is -7.04. The molecule has 0 aliphatic heterocycles. The van der Waals surface area contributed by atoms with Gasteiger partial charge in [-0.3, -0.25) is 0 Å². The number of alkyl halides is 4. The van der Waals surface area contributed by atoms with Crippen molar-refractivity contribution in [2.75, 3.05) is 6.61 Å². The summed E-state index contributed by atoms with van der Waals surface area (Å²) in [4.78, 5) is 11.4. The van der Waals surface area contributed by atoms with Crippen molar-refractivity contribution in [3.8, 4) is 0 Å². The molecule has 1 aromatic rings. The smallest absolute Gasteiger partial charge is 0.330 e. The van der Waals surface area contributed by atoms with E-state index in [-0.39, 0.29) is 18.8 Å². The monoisotopic (exact) mass is 427 g/mol. The minimum absolute atomic E-state index is 0.101. The molecule has 0 heterocycles. The van der Waals surface area contributed by atoms with E-state index in [1.807, 2.05) is 0 Å². The highest BCUT2D eigenvalue weighted by Gasteiger charge is 2.64. The van der Waals surface area contributed by atoms with Gasteiger partial charge < -0.3 is 9.29 Å². The topological polar surface area (TPSA) is 61.4 Å². The summed E-state index contributed by atoms with van der Waals surface area (Å²) in [5, 5.41) is 0. The van der Waals surface area contributed by atoms with Gasteiger partial charge in [-0.1, -0.05) is 18.2 Å². The molecule has 0 unspecified atom stereocenters. The van der Waals surface area contributed by atoms with E-state index in [9.17, 15) is 22.5 Å². The third-order valence-corrected chi connectivity index (χ3v) is 5.30. The predicted molar refractivity (Wildman–Crippen MR) is 95.8 cm³/mol. The van der Waals surface area contributed by atoms with Crippen molar-refractivity contribution >= 4 is 17.3 Å². The predicted octanol–water partition coefficient (Wildman–Crippen LogP) is 4.09. The molecule has 0 saturated heterocycles.